The van der Waals surface area contributed by atoms with Gasteiger partial charge >= 0.3 is 0 Å². The van der Waals surface area contributed by atoms with E-state index in [4.69, 9.17) is 10.00 Å². The zero-order chi connectivity index (χ0) is 12.4. The standard InChI is InChI=1S/C12H25N3O/c1-5-7-14-12(2,10-13)11-15(3)8-6-9-16-4/h14H,5-9,11H2,1-4H3. The minimum absolute atomic E-state index is 0.447. The molecule has 0 aliphatic carbocycles. The Bertz CT molecular complexity index is 215. The van der Waals surface area contributed by atoms with Crippen LogP contribution >= 0.6 is 0 Å². The van der Waals surface area contributed by atoms with Crippen LogP contribution in [0.1, 0.15) is 26.7 Å². The van der Waals surface area contributed by atoms with Crippen molar-refractivity contribution in [2.45, 2.75) is 32.2 Å². The molecule has 0 bridgehead atoms. The van der Waals surface area contributed by atoms with Crippen molar-refractivity contribution in [3.8, 4) is 6.07 Å². The lowest BCUT2D eigenvalue weighted by Gasteiger charge is -2.28. The van der Waals surface area contributed by atoms with E-state index >= 15 is 0 Å². The summed E-state index contributed by atoms with van der Waals surface area (Å²) in [5, 5.41) is 12.5. The average molecular weight is 227 g/mol. The van der Waals surface area contributed by atoms with Crippen LogP contribution in [0.25, 0.3) is 0 Å². The molecular formula is C12H25N3O. The lowest BCUT2D eigenvalue weighted by Crippen LogP contribution is -2.50. The highest BCUT2D eigenvalue weighted by Gasteiger charge is 2.24. The Morgan fingerprint density at radius 2 is 2.19 bits per heavy atom. The molecule has 16 heavy (non-hydrogen) atoms. The topological polar surface area (TPSA) is 48.3 Å². The highest BCUT2D eigenvalue weighted by Crippen LogP contribution is 2.05. The van der Waals surface area contributed by atoms with Crippen LogP contribution in [0.2, 0.25) is 0 Å². The summed E-state index contributed by atoms with van der Waals surface area (Å²) in [6.45, 7) is 7.42. The minimum atomic E-state index is -0.447. The maximum atomic E-state index is 9.17. The number of hydrogen-bond acceptors (Lipinski definition) is 4. The first-order chi connectivity index (χ1) is 7.58. The Morgan fingerprint density at radius 3 is 2.69 bits per heavy atom. The third kappa shape index (κ3) is 6.78. The zero-order valence-corrected chi connectivity index (χ0v) is 11.0. The Hall–Kier alpha value is -0.630. The van der Waals surface area contributed by atoms with E-state index < -0.39 is 5.54 Å². The maximum Gasteiger partial charge on any atom is 0.116 e. The quantitative estimate of drug-likeness (QED) is 0.602. The van der Waals surface area contributed by atoms with Gasteiger partial charge in [-0.05, 0) is 33.4 Å². The smallest absolute Gasteiger partial charge is 0.116 e. The van der Waals surface area contributed by atoms with E-state index in [1.54, 1.807) is 7.11 Å². The molecule has 4 nitrogen and oxygen atoms in total. The van der Waals surface area contributed by atoms with Gasteiger partial charge < -0.3 is 9.64 Å². The zero-order valence-electron chi connectivity index (χ0n) is 11.0. The van der Waals surface area contributed by atoms with Gasteiger partial charge in [0, 0.05) is 26.8 Å². The number of likely N-dealkylation sites (N-methyl/N-ethyl adjacent to an activating group) is 1. The molecule has 0 aliphatic rings. The SMILES string of the molecule is CCCNC(C)(C#N)CN(C)CCCOC. The summed E-state index contributed by atoms with van der Waals surface area (Å²) in [6.07, 6.45) is 2.05. The number of nitrogens with one attached hydrogen (secondary N) is 1. The Balaban J connectivity index is 3.95. The molecule has 0 aromatic rings. The van der Waals surface area contributed by atoms with E-state index in [-0.39, 0.29) is 0 Å². The highest BCUT2D eigenvalue weighted by molar-refractivity contribution is 5.05. The Morgan fingerprint density at radius 1 is 1.50 bits per heavy atom. The summed E-state index contributed by atoms with van der Waals surface area (Å²) < 4.78 is 5.01. The third-order valence-corrected chi connectivity index (χ3v) is 2.49. The fraction of sp³-hybridized carbons (Fsp3) is 0.917. The molecule has 4 heteroatoms. The Kier molecular flexibility index (Phi) is 8.18. The number of nitrogens with zero attached hydrogens (tertiary/aromatic N) is 2. The Labute approximate surface area is 99.6 Å². The van der Waals surface area contributed by atoms with Crippen LogP contribution in [0.3, 0.4) is 0 Å². The van der Waals surface area contributed by atoms with Crippen LogP contribution in [0.15, 0.2) is 0 Å². The molecule has 0 heterocycles. The maximum absolute atomic E-state index is 9.17. The van der Waals surface area contributed by atoms with E-state index in [9.17, 15) is 0 Å². The molecule has 0 aromatic heterocycles. The molecule has 1 N–H and O–H groups in total. The van der Waals surface area contributed by atoms with Crippen molar-refractivity contribution in [2.75, 3.05) is 40.4 Å². The van der Waals surface area contributed by atoms with Crippen molar-refractivity contribution in [1.82, 2.24) is 10.2 Å². The summed E-state index contributed by atoms with van der Waals surface area (Å²) in [5.41, 5.74) is -0.447. The predicted molar refractivity (Wildman–Crippen MR) is 66.3 cm³/mol. The number of ether oxygens (including phenoxy) is 1. The molecular weight excluding hydrogens is 202 g/mol. The molecule has 0 aromatic carbocycles. The van der Waals surface area contributed by atoms with Gasteiger partial charge in [0.15, 0.2) is 0 Å². The van der Waals surface area contributed by atoms with Gasteiger partial charge in [0.2, 0.25) is 0 Å². The van der Waals surface area contributed by atoms with Crippen LogP contribution < -0.4 is 5.32 Å². The fourth-order valence-electron chi connectivity index (χ4n) is 1.63. The molecule has 1 unspecified atom stereocenters. The predicted octanol–water partition coefficient (Wildman–Crippen LogP) is 1.24. The van der Waals surface area contributed by atoms with Gasteiger partial charge in [-0.25, -0.2) is 0 Å². The van der Waals surface area contributed by atoms with E-state index in [1.807, 2.05) is 14.0 Å². The first-order valence-electron chi connectivity index (χ1n) is 5.91. The summed E-state index contributed by atoms with van der Waals surface area (Å²) in [5.74, 6) is 0. The molecule has 94 valence electrons. The first-order valence-corrected chi connectivity index (χ1v) is 5.91. The van der Waals surface area contributed by atoms with Crippen LogP contribution in [0.4, 0.5) is 0 Å². The normalized spacial score (nSPS) is 14.8. The van der Waals surface area contributed by atoms with Gasteiger partial charge in [0.25, 0.3) is 0 Å². The lowest BCUT2D eigenvalue weighted by molar-refractivity contribution is 0.172. The fourth-order valence-corrected chi connectivity index (χ4v) is 1.63. The first kappa shape index (κ1) is 15.4. The van der Waals surface area contributed by atoms with E-state index in [0.29, 0.717) is 0 Å². The molecule has 1 atom stereocenters. The van der Waals surface area contributed by atoms with Gasteiger partial charge in [-0.1, -0.05) is 6.92 Å². The number of rotatable bonds is 9. The van der Waals surface area contributed by atoms with Crippen molar-refractivity contribution in [3.05, 3.63) is 0 Å². The second kappa shape index (κ2) is 8.51. The second-order valence-corrected chi connectivity index (χ2v) is 4.45. The van der Waals surface area contributed by atoms with Crippen molar-refractivity contribution >= 4 is 0 Å². The summed E-state index contributed by atoms with van der Waals surface area (Å²) in [6, 6.07) is 2.35. The van der Waals surface area contributed by atoms with Gasteiger partial charge in [0.05, 0.1) is 6.07 Å². The molecule has 0 radical (unpaired) electrons. The lowest BCUT2D eigenvalue weighted by atomic mass is 10.0. The van der Waals surface area contributed by atoms with E-state index in [0.717, 1.165) is 39.1 Å². The molecule has 0 saturated carbocycles. The van der Waals surface area contributed by atoms with Crippen molar-refractivity contribution in [3.63, 3.8) is 0 Å². The van der Waals surface area contributed by atoms with Crippen LogP contribution in [-0.4, -0.2) is 50.8 Å². The van der Waals surface area contributed by atoms with Crippen LogP contribution in [0.5, 0.6) is 0 Å². The largest absolute Gasteiger partial charge is 0.385 e. The number of hydrogen-bond donors (Lipinski definition) is 1. The average Bonchev–Trinajstić information content (AvgIpc) is 2.27. The summed E-state index contributed by atoms with van der Waals surface area (Å²) in [7, 11) is 3.75. The molecule has 0 amide bonds. The molecule has 0 fully saturated rings. The minimum Gasteiger partial charge on any atom is -0.385 e. The van der Waals surface area contributed by atoms with Crippen molar-refractivity contribution in [1.29, 1.82) is 5.26 Å². The van der Waals surface area contributed by atoms with Gasteiger partial charge in [-0.3, -0.25) is 5.32 Å². The van der Waals surface area contributed by atoms with Crippen molar-refractivity contribution in [2.24, 2.45) is 0 Å². The second-order valence-electron chi connectivity index (χ2n) is 4.45. The molecule has 0 rings (SSSR count). The van der Waals surface area contributed by atoms with Crippen molar-refractivity contribution < 1.29 is 4.74 Å². The summed E-state index contributed by atoms with van der Waals surface area (Å²) in [4.78, 5) is 2.17. The van der Waals surface area contributed by atoms with E-state index in [1.165, 1.54) is 0 Å². The number of nitriles is 1. The van der Waals surface area contributed by atoms with Gasteiger partial charge in [0.1, 0.15) is 5.54 Å². The molecule has 0 aliphatic heterocycles. The monoisotopic (exact) mass is 227 g/mol. The van der Waals surface area contributed by atoms with Crippen LogP contribution in [-0.2, 0) is 4.74 Å². The highest BCUT2D eigenvalue weighted by atomic mass is 16.5. The van der Waals surface area contributed by atoms with Gasteiger partial charge in [-0.2, -0.15) is 5.26 Å². The van der Waals surface area contributed by atoms with E-state index in [2.05, 4.69) is 23.2 Å². The van der Waals surface area contributed by atoms with Gasteiger partial charge in [-0.15, -0.1) is 0 Å². The molecule has 0 saturated heterocycles. The third-order valence-electron chi connectivity index (χ3n) is 2.49. The number of methoxy groups -OCH3 is 1. The summed E-state index contributed by atoms with van der Waals surface area (Å²) >= 11 is 0. The molecule has 0 spiro atoms. The van der Waals surface area contributed by atoms with Crippen LogP contribution in [0, 0.1) is 11.3 Å².